The van der Waals surface area contributed by atoms with E-state index in [0.717, 1.165) is 29.7 Å². The molecule has 0 saturated carbocycles. The molecule has 0 aliphatic heterocycles. The van der Waals surface area contributed by atoms with Crippen LogP contribution in [0.5, 0.6) is 0 Å². The van der Waals surface area contributed by atoms with Crippen LogP contribution in [0.25, 0.3) is 0 Å². The van der Waals surface area contributed by atoms with E-state index in [1.165, 1.54) is 11.1 Å². The van der Waals surface area contributed by atoms with Crippen molar-refractivity contribution in [2.75, 3.05) is 17.2 Å². The van der Waals surface area contributed by atoms with Crippen LogP contribution in [-0.2, 0) is 0 Å². The first-order valence-electron chi connectivity index (χ1n) is 8.33. The first-order valence-corrected chi connectivity index (χ1v) is 8.33. The third kappa shape index (κ3) is 4.68. The summed E-state index contributed by atoms with van der Waals surface area (Å²) in [5, 5.41) is 6.87. The van der Waals surface area contributed by atoms with Crippen molar-refractivity contribution in [3.05, 3.63) is 41.2 Å². The summed E-state index contributed by atoms with van der Waals surface area (Å²) < 4.78 is 0. The lowest BCUT2D eigenvalue weighted by Crippen LogP contribution is -2.11. The zero-order valence-corrected chi connectivity index (χ0v) is 15.1. The fourth-order valence-corrected chi connectivity index (χ4v) is 2.50. The Morgan fingerprint density at radius 1 is 1.00 bits per heavy atom. The molecular weight excluding hydrogens is 284 g/mol. The van der Waals surface area contributed by atoms with Crippen LogP contribution >= 0.6 is 0 Å². The molecule has 2 rings (SSSR count). The van der Waals surface area contributed by atoms with Crippen molar-refractivity contribution in [2.45, 2.75) is 47.5 Å². The summed E-state index contributed by atoms with van der Waals surface area (Å²) in [6.07, 6.45) is 0. The van der Waals surface area contributed by atoms with Gasteiger partial charge in [-0.25, -0.2) is 9.97 Å². The van der Waals surface area contributed by atoms with Crippen molar-refractivity contribution in [3.63, 3.8) is 0 Å². The standard InChI is InChI=1S/C19H28N4/c1-12(2)11-20-17-10-18(22-15(6)21-17)23-19-14(5)8-7-9-16(19)13(3)4/h7-10,12-13H,11H2,1-6H3,(H2,20,21,22,23). The number of hydrogen-bond acceptors (Lipinski definition) is 4. The Bertz CT molecular complexity index is 662. The molecule has 0 bridgehead atoms. The van der Waals surface area contributed by atoms with E-state index in [-0.39, 0.29) is 0 Å². The van der Waals surface area contributed by atoms with Crippen LogP contribution in [0.4, 0.5) is 17.3 Å². The number of nitrogens with one attached hydrogen (secondary N) is 2. The second-order valence-corrected chi connectivity index (χ2v) is 6.78. The molecule has 4 nitrogen and oxygen atoms in total. The molecule has 1 aromatic carbocycles. The number of rotatable bonds is 6. The minimum absolute atomic E-state index is 0.457. The average molecular weight is 312 g/mol. The monoisotopic (exact) mass is 312 g/mol. The molecule has 0 radical (unpaired) electrons. The largest absolute Gasteiger partial charge is 0.370 e. The van der Waals surface area contributed by atoms with Gasteiger partial charge in [-0.05, 0) is 36.8 Å². The summed E-state index contributed by atoms with van der Waals surface area (Å²) >= 11 is 0. The van der Waals surface area contributed by atoms with Gasteiger partial charge in [-0.1, -0.05) is 45.9 Å². The lowest BCUT2D eigenvalue weighted by molar-refractivity contribution is 0.686. The fraction of sp³-hybridized carbons (Fsp3) is 0.474. The molecule has 0 amide bonds. The van der Waals surface area contributed by atoms with Crippen LogP contribution in [0.2, 0.25) is 0 Å². The molecule has 1 aromatic heterocycles. The highest BCUT2D eigenvalue weighted by molar-refractivity contribution is 5.66. The van der Waals surface area contributed by atoms with Gasteiger partial charge in [-0.2, -0.15) is 0 Å². The van der Waals surface area contributed by atoms with Gasteiger partial charge in [0.15, 0.2) is 0 Å². The van der Waals surface area contributed by atoms with Crippen LogP contribution in [-0.4, -0.2) is 16.5 Å². The molecule has 1 heterocycles. The molecule has 2 aromatic rings. The van der Waals surface area contributed by atoms with Gasteiger partial charge < -0.3 is 10.6 Å². The SMILES string of the molecule is Cc1nc(NCC(C)C)cc(Nc2c(C)cccc2C(C)C)n1. The predicted molar refractivity (Wildman–Crippen MR) is 98.6 cm³/mol. The van der Waals surface area contributed by atoms with Gasteiger partial charge in [0.2, 0.25) is 0 Å². The Labute approximate surface area is 139 Å². The number of benzene rings is 1. The van der Waals surface area contributed by atoms with Crippen LogP contribution < -0.4 is 10.6 Å². The number of nitrogens with zero attached hydrogens (tertiary/aromatic N) is 2. The van der Waals surface area contributed by atoms with Crippen LogP contribution in [0.1, 0.15) is 50.6 Å². The molecule has 4 heteroatoms. The summed E-state index contributed by atoms with van der Waals surface area (Å²) in [4.78, 5) is 9.00. The van der Waals surface area contributed by atoms with E-state index in [2.05, 4.69) is 73.4 Å². The zero-order valence-electron chi connectivity index (χ0n) is 15.1. The van der Waals surface area contributed by atoms with Crippen molar-refractivity contribution < 1.29 is 0 Å². The minimum Gasteiger partial charge on any atom is -0.370 e. The van der Waals surface area contributed by atoms with Crippen molar-refractivity contribution in [1.82, 2.24) is 9.97 Å². The molecule has 124 valence electrons. The van der Waals surface area contributed by atoms with Crippen molar-refractivity contribution >= 4 is 17.3 Å². The Morgan fingerprint density at radius 3 is 2.35 bits per heavy atom. The molecule has 23 heavy (non-hydrogen) atoms. The molecule has 0 unspecified atom stereocenters. The topological polar surface area (TPSA) is 49.8 Å². The van der Waals surface area contributed by atoms with Crippen LogP contribution in [0.3, 0.4) is 0 Å². The third-order valence-electron chi connectivity index (χ3n) is 3.71. The summed E-state index contributed by atoms with van der Waals surface area (Å²) in [7, 11) is 0. The smallest absolute Gasteiger partial charge is 0.136 e. The lowest BCUT2D eigenvalue weighted by Gasteiger charge is -2.17. The van der Waals surface area contributed by atoms with Gasteiger partial charge in [0, 0.05) is 18.3 Å². The summed E-state index contributed by atoms with van der Waals surface area (Å²) in [5.41, 5.74) is 3.68. The second kappa shape index (κ2) is 7.44. The predicted octanol–water partition coefficient (Wildman–Crippen LogP) is 5.03. The first-order chi connectivity index (χ1) is 10.9. The maximum atomic E-state index is 4.54. The minimum atomic E-state index is 0.457. The van der Waals surface area contributed by atoms with Gasteiger partial charge >= 0.3 is 0 Å². The number of para-hydroxylation sites is 1. The second-order valence-electron chi connectivity index (χ2n) is 6.78. The molecule has 0 saturated heterocycles. The highest BCUT2D eigenvalue weighted by Crippen LogP contribution is 2.30. The maximum absolute atomic E-state index is 4.54. The van der Waals surface area contributed by atoms with Gasteiger partial charge in [0.25, 0.3) is 0 Å². The molecular formula is C19H28N4. The number of aryl methyl sites for hydroxylation is 2. The summed E-state index contributed by atoms with van der Waals surface area (Å²) in [5.74, 6) is 3.50. The molecule has 2 N–H and O–H groups in total. The average Bonchev–Trinajstić information content (AvgIpc) is 2.46. The van der Waals surface area contributed by atoms with E-state index < -0.39 is 0 Å². The summed E-state index contributed by atoms with van der Waals surface area (Å²) in [6, 6.07) is 8.38. The highest BCUT2D eigenvalue weighted by Gasteiger charge is 2.11. The highest BCUT2D eigenvalue weighted by atomic mass is 15.1. The van der Waals surface area contributed by atoms with Gasteiger partial charge in [0.1, 0.15) is 17.5 Å². The molecule has 0 aliphatic carbocycles. The quantitative estimate of drug-likeness (QED) is 0.785. The zero-order chi connectivity index (χ0) is 17.0. The first kappa shape index (κ1) is 17.3. The van der Waals surface area contributed by atoms with E-state index >= 15 is 0 Å². The van der Waals surface area contributed by atoms with Crippen molar-refractivity contribution in [3.8, 4) is 0 Å². The van der Waals surface area contributed by atoms with Crippen LogP contribution in [0, 0.1) is 19.8 Å². The number of hydrogen-bond donors (Lipinski definition) is 2. The number of aromatic nitrogens is 2. The van der Waals surface area contributed by atoms with Crippen molar-refractivity contribution in [1.29, 1.82) is 0 Å². The maximum Gasteiger partial charge on any atom is 0.136 e. The Hall–Kier alpha value is -2.10. The van der Waals surface area contributed by atoms with E-state index in [1.807, 2.05) is 13.0 Å². The number of anilines is 3. The third-order valence-corrected chi connectivity index (χ3v) is 3.71. The molecule has 0 atom stereocenters. The molecule has 0 fully saturated rings. The Morgan fingerprint density at radius 2 is 1.70 bits per heavy atom. The van der Waals surface area contributed by atoms with Gasteiger partial charge in [0.05, 0.1) is 0 Å². The molecule has 0 spiro atoms. The van der Waals surface area contributed by atoms with Gasteiger partial charge in [-0.15, -0.1) is 0 Å². The Balaban J connectivity index is 2.30. The summed E-state index contributed by atoms with van der Waals surface area (Å²) in [6.45, 7) is 13.7. The van der Waals surface area contributed by atoms with E-state index in [9.17, 15) is 0 Å². The lowest BCUT2D eigenvalue weighted by atomic mass is 9.98. The van der Waals surface area contributed by atoms with Crippen LogP contribution in [0.15, 0.2) is 24.3 Å². The van der Waals surface area contributed by atoms with E-state index in [4.69, 9.17) is 0 Å². The van der Waals surface area contributed by atoms with E-state index in [0.29, 0.717) is 11.8 Å². The normalized spacial score (nSPS) is 11.1. The Kier molecular flexibility index (Phi) is 5.59. The fourth-order valence-electron chi connectivity index (χ4n) is 2.50. The van der Waals surface area contributed by atoms with Gasteiger partial charge in [-0.3, -0.25) is 0 Å². The molecule has 0 aliphatic rings. The van der Waals surface area contributed by atoms with E-state index in [1.54, 1.807) is 0 Å². The van der Waals surface area contributed by atoms with Crippen molar-refractivity contribution in [2.24, 2.45) is 5.92 Å².